The highest BCUT2D eigenvalue weighted by Gasteiger charge is 2.28. The van der Waals surface area contributed by atoms with Gasteiger partial charge in [0.05, 0.1) is 17.9 Å². The Labute approximate surface area is 181 Å². The van der Waals surface area contributed by atoms with Gasteiger partial charge in [-0.1, -0.05) is 19.1 Å². The van der Waals surface area contributed by atoms with Gasteiger partial charge in [-0.2, -0.15) is 0 Å². The Morgan fingerprint density at radius 3 is 2.83 bits per heavy atom. The monoisotopic (exact) mass is 422 g/mol. The second-order valence-corrected chi connectivity index (χ2v) is 8.81. The summed E-state index contributed by atoms with van der Waals surface area (Å²) >= 11 is 1.73. The average molecular weight is 423 g/mol. The minimum Gasteiger partial charge on any atom is -0.492 e. The van der Waals surface area contributed by atoms with Crippen LogP contribution in [0.3, 0.4) is 0 Å². The molecule has 0 bridgehead atoms. The summed E-state index contributed by atoms with van der Waals surface area (Å²) in [6, 6.07) is 11.7. The molecule has 5 nitrogen and oxygen atoms in total. The number of fused-ring (bicyclic) bond motifs is 1. The van der Waals surface area contributed by atoms with Crippen molar-refractivity contribution in [3.05, 3.63) is 70.4 Å². The SMILES string of the molecule is CCOc1ccccc1NC(=O)c1c(NCc2cc[nH+]cc2)sc2c1CCC(C)C2. The first kappa shape index (κ1) is 20.4. The van der Waals surface area contributed by atoms with Crippen molar-refractivity contribution in [2.75, 3.05) is 17.2 Å². The highest BCUT2D eigenvalue weighted by Crippen LogP contribution is 2.40. The molecule has 1 atom stereocenters. The molecular weight excluding hydrogens is 394 g/mol. The Morgan fingerprint density at radius 1 is 1.23 bits per heavy atom. The van der Waals surface area contributed by atoms with E-state index in [1.807, 2.05) is 55.7 Å². The number of aromatic amines is 1. The molecule has 1 unspecified atom stereocenters. The lowest BCUT2D eigenvalue weighted by Gasteiger charge is -2.19. The van der Waals surface area contributed by atoms with Crippen molar-refractivity contribution in [3.8, 4) is 5.75 Å². The quantitative estimate of drug-likeness (QED) is 0.566. The smallest absolute Gasteiger partial charge is 0.259 e. The molecule has 0 saturated carbocycles. The van der Waals surface area contributed by atoms with Gasteiger partial charge in [-0.05, 0) is 55.4 Å². The minimum atomic E-state index is -0.0712. The molecular formula is C24H28N3O2S+. The van der Waals surface area contributed by atoms with Crippen molar-refractivity contribution in [2.45, 2.75) is 39.7 Å². The average Bonchev–Trinajstić information content (AvgIpc) is 3.12. The van der Waals surface area contributed by atoms with Crippen LogP contribution in [-0.2, 0) is 19.4 Å². The largest absolute Gasteiger partial charge is 0.492 e. The van der Waals surface area contributed by atoms with Crippen LogP contribution in [-0.4, -0.2) is 12.5 Å². The van der Waals surface area contributed by atoms with Crippen LogP contribution in [0.2, 0.25) is 0 Å². The van der Waals surface area contributed by atoms with Crippen LogP contribution < -0.4 is 20.4 Å². The first-order chi connectivity index (χ1) is 14.7. The summed E-state index contributed by atoms with van der Waals surface area (Å²) in [7, 11) is 0. The number of aromatic nitrogens is 1. The number of pyridine rings is 1. The maximum absolute atomic E-state index is 13.4. The standard InChI is InChI=1S/C24H27N3O2S/c1-3-29-20-7-5-4-6-19(20)27-23(28)22-18-9-8-16(2)14-21(18)30-24(22)26-15-17-10-12-25-13-11-17/h4-7,10-13,16,26H,3,8-9,14-15H2,1-2H3,(H,27,28)/p+1. The number of hydrogen-bond donors (Lipinski definition) is 2. The van der Waals surface area contributed by atoms with Crippen LogP contribution in [0, 0.1) is 5.92 Å². The van der Waals surface area contributed by atoms with Crippen molar-refractivity contribution < 1.29 is 14.5 Å². The molecule has 1 aliphatic rings. The first-order valence-corrected chi connectivity index (χ1v) is 11.3. The number of benzene rings is 1. The molecule has 3 N–H and O–H groups in total. The number of thiophene rings is 1. The number of amides is 1. The molecule has 156 valence electrons. The zero-order chi connectivity index (χ0) is 20.9. The normalized spacial score (nSPS) is 15.3. The lowest BCUT2D eigenvalue weighted by atomic mass is 9.88. The summed E-state index contributed by atoms with van der Waals surface area (Å²) in [5, 5.41) is 7.57. The van der Waals surface area contributed by atoms with E-state index in [1.165, 1.54) is 16.0 Å². The number of nitrogens with one attached hydrogen (secondary N) is 3. The predicted molar refractivity (Wildman–Crippen MR) is 121 cm³/mol. The van der Waals surface area contributed by atoms with E-state index in [0.29, 0.717) is 30.5 Å². The summed E-state index contributed by atoms with van der Waals surface area (Å²) in [6.45, 7) is 5.46. The van der Waals surface area contributed by atoms with Crippen LogP contribution in [0.1, 0.15) is 46.6 Å². The highest BCUT2D eigenvalue weighted by atomic mass is 32.1. The highest BCUT2D eigenvalue weighted by molar-refractivity contribution is 7.16. The van der Waals surface area contributed by atoms with E-state index in [2.05, 4.69) is 22.5 Å². The summed E-state index contributed by atoms with van der Waals surface area (Å²) in [6.07, 6.45) is 6.93. The Kier molecular flexibility index (Phi) is 6.33. The van der Waals surface area contributed by atoms with Crippen LogP contribution in [0.25, 0.3) is 0 Å². The second-order valence-electron chi connectivity index (χ2n) is 7.70. The number of carbonyl (C=O) groups excluding carboxylic acids is 1. The fraction of sp³-hybridized carbons (Fsp3) is 0.333. The van der Waals surface area contributed by atoms with Gasteiger partial charge in [0.1, 0.15) is 10.8 Å². The van der Waals surface area contributed by atoms with Crippen molar-refractivity contribution in [1.29, 1.82) is 0 Å². The van der Waals surface area contributed by atoms with E-state index in [0.717, 1.165) is 29.8 Å². The van der Waals surface area contributed by atoms with E-state index >= 15 is 0 Å². The zero-order valence-electron chi connectivity index (χ0n) is 17.5. The molecule has 1 aromatic carbocycles. The van der Waals surface area contributed by atoms with Crippen molar-refractivity contribution >= 4 is 27.9 Å². The minimum absolute atomic E-state index is 0.0712. The van der Waals surface area contributed by atoms with Gasteiger partial charge in [0, 0.05) is 23.6 Å². The molecule has 2 aromatic heterocycles. The van der Waals surface area contributed by atoms with Crippen LogP contribution in [0.5, 0.6) is 5.75 Å². The van der Waals surface area contributed by atoms with Gasteiger partial charge in [-0.15, -0.1) is 11.3 Å². The number of H-pyrrole nitrogens is 1. The van der Waals surface area contributed by atoms with E-state index in [9.17, 15) is 4.79 Å². The third kappa shape index (κ3) is 4.49. The lowest BCUT2D eigenvalue weighted by Crippen LogP contribution is -2.18. The molecule has 0 fully saturated rings. The molecule has 2 heterocycles. The van der Waals surface area contributed by atoms with Crippen molar-refractivity contribution in [2.24, 2.45) is 5.92 Å². The third-order valence-electron chi connectivity index (χ3n) is 5.41. The summed E-state index contributed by atoms with van der Waals surface area (Å²) in [4.78, 5) is 17.8. The van der Waals surface area contributed by atoms with Gasteiger partial charge in [0.25, 0.3) is 5.91 Å². The number of hydrogen-bond acceptors (Lipinski definition) is 4. The van der Waals surface area contributed by atoms with Gasteiger partial charge in [-0.25, -0.2) is 4.98 Å². The third-order valence-corrected chi connectivity index (χ3v) is 6.63. The Hall–Kier alpha value is -2.86. The van der Waals surface area contributed by atoms with Gasteiger partial charge in [0.15, 0.2) is 12.4 Å². The Morgan fingerprint density at radius 2 is 2.03 bits per heavy atom. The molecule has 30 heavy (non-hydrogen) atoms. The van der Waals surface area contributed by atoms with E-state index in [1.54, 1.807) is 11.3 Å². The van der Waals surface area contributed by atoms with Gasteiger partial charge in [0.2, 0.25) is 0 Å². The molecule has 0 radical (unpaired) electrons. The van der Waals surface area contributed by atoms with E-state index in [-0.39, 0.29) is 5.91 Å². The zero-order valence-corrected chi connectivity index (χ0v) is 18.3. The molecule has 3 aromatic rings. The predicted octanol–water partition coefficient (Wildman–Crippen LogP) is 4.95. The maximum Gasteiger partial charge on any atom is 0.259 e. The molecule has 0 aliphatic heterocycles. The number of anilines is 2. The topological polar surface area (TPSA) is 64.5 Å². The number of para-hydroxylation sites is 2. The summed E-state index contributed by atoms with van der Waals surface area (Å²) < 4.78 is 5.69. The Balaban J connectivity index is 1.63. The summed E-state index contributed by atoms with van der Waals surface area (Å²) in [5.74, 6) is 1.28. The maximum atomic E-state index is 13.4. The first-order valence-electron chi connectivity index (χ1n) is 10.5. The number of rotatable bonds is 7. The number of carbonyl (C=O) groups is 1. The lowest BCUT2D eigenvalue weighted by molar-refractivity contribution is -0.378. The van der Waals surface area contributed by atoms with E-state index < -0.39 is 0 Å². The second kappa shape index (κ2) is 9.30. The fourth-order valence-electron chi connectivity index (χ4n) is 3.87. The molecule has 1 aliphatic carbocycles. The van der Waals surface area contributed by atoms with Gasteiger partial charge >= 0.3 is 0 Å². The van der Waals surface area contributed by atoms with Crippen molar-refractivity contribution in [1.82, 2.24) is 0 Å². The molecule has 1 amide bonds. The van der Waals surface area contributed by atoms with E-state index in [4.69, 9.17) is 4.74 Å². The van der Waals surface area contributed by atoms with Gasteiger partial charge in [-0.3, -0.25) is 4.79 Å². The number of ether oxygens (including phenoxy) is 1. The summed E-state index contributed by atoms with van der Waals surface area (Å²) in [5.41, 5.74) is 3.86. The molecule has 4 rings (SSSR count). The fourth-order valence-corrected chi connectivity index (χ4v) is 5.28. The van der Waals surface area contributed by atoms with Crippen LogP contribution in [0.15, 0.2) is 48.8 Å². The molecule has 6 heteroatoms. The van der Waals surface area contributed by atoms with Crippen LogP contribution in [0.4, 0.5) is 10.7 Å². The molecule has 0 spiro atoms. The molecule has 0 saturated heterocycles. The van der Waals surface area contributed by atoms with Crippen LogP contribution >= 0.6 is 11.3 Å². The van der Waals surface area contributed by atoms with Crippen molar-refractivity contribution in [3.63, 3.8) is 0 Å². The van der Waals surface area contributed by atoms with Gasteiger partial charge < -0.3 is 15.4 Å². The Bertz CT molecular complexity index is 1020.